The Balaban J connectivity index is 1.50. The van der Waals surface area contributed by atoms with Gasteiger partial charge in [0.15, 0.2) is 22.5 Å². The van der Waals surface area contributed by atoms with Crippen molar-refractivity contribution < 1.29 is 23.5 Å². The van der Waals surface area contributed by atoms with Crippen molar-refractivity contribution in [2.75, 3.05) is 25.3 Å². The molecule has 0 atom stereocenters. The summed E-state index contributed by atoms with van der Waals surface area (Å²) < 4.78 is 25.8. The number of ether oxygens (including phenoxy) is 2. The van der Waals surface area contributed by atoms with E-state index < -0.39 is 5.82 Å². The first kappa shape index (κ1) is 24.8. The zero-order chi connectivity index (χ0) is 24.5. The van der Waals surface area contributed by atoms with Crippen LogP contribution in [-0.2, 0) is 23.2 Å². The molecule has 0 radical (unpaired) electrons. The van der Waals surface area contributed by atoms with Gasteiger partial charge in [0.25, 0.3) is 0 Å². The highest BCUT2D eigenvalue weighted by Crippen LogP contribution is 2.28. The Bertz CT molecular complexity index is 1200. The zero-order valence-corrected chi connectivity index (χ0v) is 19.7. The van der Waals surface area contributed by atoms with E-state index in [9.17, 15) is 14.0 Å². The van der Waals surface area contributed by atoms with Crippen LogP contribution in [0.3, 0.4) is 0 Å². The van der Waals surface area contributed by atoms with Crippen molar-refractivity contribution in [1.29, 1.82) is 0 Å². The van der Waals surface area contributed by atoms with Crippen molar-refractivity contribution in [3.8, 4) is 11.5 Å². The number of benzene rings is 2. The van der Waals surface area contributed by atoms with Crippen LogP contribution in [0.5, 0.6) is 11.5 Å². The molecule has 1 heterocycles. The summed E-state index contributed by atoms with van der Waals surface area (Å²) in [6.07, 6.45) is 3.06. The number of rotatable bonds is 10. The number of hydrogen-bond donors (Lipinski definition) is 2. The Kier molecular flexibility index (Phi) is 8.63. The Hall–Kier alpha value is -3.86. The van der Waals surface area contributed by atoms with Gasteiger partial charge in [-0.3, -0.25) is 9.59 Å². The average molecular weight is 486 g/mol. The van der Waals surface area contributed by atoms with Crippen LogP contribution < -0.4 is 20.1 Å². The minimum atomic E-state index is -0.502. The molecule has 0 unspecified atom stereocenters. The SMILES string of the molecule is COc1ccc(/C=C/C(=O)NCc2nnc(SCC(=O)Nc3ccccc3F)n2C)cc1OC. The molecule has 0 bridgehead atoms. The second-order valence-electron chi connectivity index (χ2n) is 6.94. The van der Waals surface area contributed by atoms with E-state index in [0.717, 1.165) is 17.3 Å². The average Bonchev–Trinajstić information content (AvgIpc) is 3.20. The number of nitrogens with one attached hydrogen (secondary N) is 2. The zero-order valence-electron chi connectivity index (χ0n) is 18.9. The summed E-state index contributed by atoms with van der Waals surface area (Å²) in [5.41, 5.74) is 0.898. The lowest BCUT2D eigenvalue weighted by Crippen LogP contribution is -2.22. The second kappa shape index (κ2) is 11.8. The second-order valence-corrected chi connectivity index (χ2v) is 7.88. The van der Waals surface area contributed by atoms with Gasteiger partial charge in [-0.05, 0) is 35.9 Å². The summed E-state index contributed by atoms with van der Waals surface area (Å²) >= 11 is 1.16. The highest BCUT2D eigenvalue weighted by atomic mass is 32.2. The molecule has 0 aliphatic heterocycles. The maximum Gasteiger partial charge on any atom is 0.244 e. The molecule has 0 aliphatic carbocycles. The predicted molar refractivity (Wildman–Crippen MR) is 127 cm³/mol. The van der Waals surface area contributed by atoms with Crippen molar-refractivity contribution in [3.63, 3.8) is 0 Å². The summed E-state index contributed by atoms with van der Waals surface area (Å²) in [6, 6.07) is 11.3. The largest absolute Gasteiger partial charge is 0.493 e. The van der Waals surface area contributed by atoms with Gasteiger partial charge in [-0.2, -0.15) is 0 Å². The van der Waals surface area contributed by atoms with Crippen LogP contribution in [0.1, 0.15) is 11.4 Å². The fourth-order valence-electron chi connectivity index (χ4n) is 2.86. The van der Waals surface area contributed by atoms with Gasteiger partial charge in [0, 0.05) is 13.1 Å². The Labute approximate surface area is 200 Å². The third-order valence-corrected chi connectivity index (χ3v) is 5.68. The lowest BCUT2D eigenvalue weighted by atomic mass is 10.2. The monoisotopic (exact) mass is 485 g/mol. The highest BCUT2D eigenvalue weighted by molar-refractivity contribution is 7.99. The van der Waals surface area contributed by atoms with Gasteiger partial charge in [-0.1, -0.05) is 30.0 Å². The van der Waals surface area contributed by atoms with Gasteiger partial charge in [0.05, 0.1) is 32.2 Å². The fourth-order valence-corrected chi connectivity index (χ4v) is 3.59. The summed E-state index contributed by atoms with van der Waals surface area (Å²) in [4.78, 5) is 24.3. The number of amides is 2. The van der Waals surface area contributed by atoms with Crippen LogP contribution in [0.25, 0.3) is 6.08 Å². The normalized spacial score (nSPS) is 10.8. The third-order valence-electron chi connectivity index (χ3n) is 4.66. The third kappa shape index (κ3) is 6.58. The summed E-state index contributed by atoms with van der Waals surface area (Å²) in [5, 5.41) is 13.9. The van der Waals surface area contributed by atoms with Crippen LogP contribution in [0.4, 0.5) is 10.1 Å². The molecular weight excluding hydrogens is 461 g/mol. The van der Waals surface area contributed by atoms with E-state index in [1.807, 2.05) is 0 Å². The summed E-state index contributed by atoms with van der Waals surface area (Å²) in [5.74, 6) is 0.536. The maximum absolute atomic E-state index is 13.6. The molecule has 0 spiro atoms. The minimum absolute atomic E-state index is 0.0285. The first-order valence-electron chi connectivity index (χ1n) is 10.1. The Morgan fingerprint density at radius 3 is 2.62 bits per heavy atom. The number of anilines is 1. The molecule has 34 heavy (non-hydrogen) atoms. The number of aromatic nitrogens is 3. The highest BCUT2D eigenvalue weighted by Gasteiger charge is 2.13. The Morgan fingerprint density at radius 1 is 1.12 bits per heavy atom. The van der Waals surface area contributed by atoms with Gasteiger partial charge < -0.3 is 24.7 Å². The number of carbonyl (C=O) groups excluding carboxylic acids is 2. The number of carbonyl (C=O) groups is 2. The van der Waals surface area contributed by atoms with E-state index in [1.165, 1.54) is 18.2 Å². The molecule has 0 fully saturated rings. The van der Waals surface area contributed by atoms with E-state index in [2.05, 4.69) is 20.8 Å². The number of halogens is 1. The van der Waals surface area contributed by atoms with Crippen molar-refractivity contribution in [2.24, 2.45) is 7.05 Å². The molecular formula is C23H24FN5O4S. The molecule has 2 N–H and O–H groups in total. The summed E-state index contributed by atoms with van der Waals surface area (Å²) in [6.45, 7) is 0.153. The number of para-hydroxylation sites is 1. The first-order valence-corrected chi connectivity index (χ1v) is 11.1. The van der Waals surface area contributed by atoms with Crippen LogP contribution >= 0.6 is 11.8 Å². The lowest BCUT2D eigenvalue weighted by molar-refractivity contribution is -0.116. The van der Waals surface area contributed by atoms with E-state index in [1.54, 1.807) is 62.2 Å². The summed E-state index contributed by atoms with van der Waals surface area (Å²) in [7, 11) is 4.83. The topological polar surface area (TPSA) is 107 Å². The maximum atomic E-state index is 13.6. The van der Waals surface area contributed by atoms with Gasteiger partial charge in [-0.25, -0.2) is 4.39 Å². The fraction of sp³-hybridized carbons (Fsp3) is 0.217. The lowest BCUT2D eigenvalue weighted by Gasteiger charge is -2.07. The molecule has 2 aromatic carbocycles. The van der Waals surface area contributed by atoms with Gasteiger partial charge in [0.1, 0.15) is 5.82 Å². The van der Waals surface area contributed by atoms with E-state index in [-0.39, 0.29) is 29.8 Å². The number of thioether (sulfide) groups is 1. The van der Waals surface area contributed by atoms with Crippen LogP contribution in [0.2, 0.25) is 0 Å². The number of hydrogen-bond acceptors (Lipinski definition) is 7. The van der Waals surface area contributed by atoms with Crippen molar-refractivity contribution in [3.05, 3.63) is 65.7 Å². The molecule has 3 aromatic rings. The minimum Gasteiger partial charge on any atom is -0.493 e. The van der Waals surface area contributed by atoms with Gasteiger partial charge in [0.2, 0.25) is 11.8 Å². The van der Waals surface area contributed by atoms with E-state index in [4.69, 9.17) is 9.47 Å². The molecule has 1 aromatic heterocycles. The molecule has 3 rings (SSSR count). The quantitative estimate of drug-likeness (QED) is 0.336. The standard InChI is InChI=1S/C23H24FN5O4S/c1-29-20(13-25-21(30)11-9-15-8-10-18(32-2)19(12-15)33-3)27-28-23(29)34-14-22(31)26-17-7-5-4-6-16(17)24/h4-12H,13-14H2,1-3H3,(H,25,30)(H,26,31)/b11-9+. The van der Waals surface area contributed by atoms with Crippen LogP contribution in [0.15, 0.2) is 53.7 Å². The van der Waals surface area contributed by atoms with E-state index >= 15 is 0 Å². The molecule has 9 nitrogen and oxygen atoms in total. The van der Waals surface area contributed by atoms with Crippen molar-refractivity contribution in [2.45, 2.75) is 11.7 Å². The van der Waals surface area contributed by atoms with Gasteiger partial charge >= 0.3 is 0 Å². The Morgan fingerprint density at radius 2 is 1.88 bits per heavy atom. The molecule has 0 aliphatic rings. The smallest absolute Gasteiger partial charge is 0.244 e. The van der Waals surface area contributed by atoms with Crippen molar-refractivity contribution in [1.82, 2.24) is 20.1 Å². The van der Waals surface area contributed by atoms with Crippen LogP contribution in [-0.4, -0.2) is 46.6 Å². The van der Waals surface area contributed by atoms with E-state index in [0.29, 0.717) is 22.5 Å². The molecule has 178 valence electrons. The number of nitrogens with zero attached hydrogens (tertiary/aromatic N) is 3. The predicted octanol–water partition coefficient (Wildman–Crippen LogP) is 3.03. The molecule has 11 heteroatoms. The molecule has 0 saturated heterocycles. The van der Waals surface area contributed by atoms with Crippen LogP contribution in [0, 0.1) is 5.82 Å². The molecule has 2 amide bonds. The first-order chi connectivity index (χ1) is 16.4. The van der Waals surface area contributed by atoms with Crippen molar-refractivity contribution >= 4 is 35.3 Å². The number of methoxy groups -OCH3 is 2. The van der Waals surface area contributed by atoms with Gasteiger partial charge in [-0.15, -0.1) is 10.2 Å². The molecule has 0 saturated carbocycles.